The summed E-state index contributed by atoms with van der Waals surface area (Å²) in [5.41, 5.74) is 0. The first kappa shape index (κ1) is 78.3. The average molecular weight is 1270 g/mol. The van der Waals surface area contributed by atoms with Crippen molar-refractivity contribution in [3.63, 3.8) is 0 Å². The third-order valence-electron chi connectivity index (χ3n) is 16.7. The van der Waals surface area contributed by atoms with Crippen molar-refractivity contribution in [2.45, 2.75) is 257 Å². The highest BCUT2D eigenvalue weighted by molar-refractivity contribution is 7.00. The number of methoxy groups -OCH3 is 2. The Morgan fingerprint density at radius 1 is 0.422 bits per heavy atom. The molecule has 3 atom stereocenters. The third kappa shape index (κ3) is 30.0. The Kier molecular flexibility index (Phi) is 39.5. The van der Waals surface area contributed by atoms with Gasteiger partial charge < -0.3 is 28.7 Å². The fourth-order valence-corrected chi connectivity index (χ4v) is 21.3. The van der Waals surface area contributed by atoms with E-state index in [1.54, 1.807) is 0 Å². The van der Waals surface area contributed by atoms with Crippen molar-refractivity contribution in [1.29, 1.82) is 0 Å². The van der Waals surface area contributed by atoms with E-state index < -0.39 is 40.6 Å². The zero-order valence-corrected chi connectivity index (χ0v) is 59.2. The van der Waals surface area contributed by atoms with Crippen molar-refractivity contribution < 1.29 is 42.6 Å². The van der Waals surface area contributed by atoms with Crippen LogP contribution in [0.5, 0.6) is 0 Å². The normalized spacial score (nSPS) is 13.3. The molecule has 0 radical (unpaired) electrons. The number of nitrogens with one attached hydrogen (secondary N) is 1. The van der Waals surface area contributed by atoms with E-state index in [0.29, 0.717) is 6.42 Å². The first-order valence-electron chi connectivity index (χ1n) is 34.2. The quantitative estimate of drug-likeness (QED) is 0.0192. The van der Waals surface area contributed by atoms with Crippen LogP contribution in [-0.4, -0.2) is 78.0 Å². The van der Waals surface area contributed by atoms with Crippen LogP contribution in [0.15, 0.2) is 170 Å². The average Bonchev–Trinajstić information content (AvgIpc) is 0.781. The fourth-order valence-electron chi connectivity index (χ4n) is 11.8. The molecular weight excluding hydrogens is 1150 g/mol. The van der Waals surface area contributed by atoms with Crippen molar-refractivity contribution in [1.82, 2.24) is 5.32 Å². The summed E-state index contributed by atoms with van der Waals surface area (Å²) in [6, 6.07) is 42.6. The number of ether oxygens (including phenoxy) is 2. The summed E-state index contributed by atoms with van der Waals surface area (Å²) in [5, 5.41) is 16.6. The SMILES string of the molecule is COC(=O)C[C@H](NC(=O)CCC/C=C\CCCCCCC/C=C\CCC[C@H](C)O[Si](c1ccccc1)(c1ccccc1)C(C)(C)C)C(=O)OC.C[C@@H](CCC/C=C\CCCCCCC/C=C\CCCC(=O)O)O[Si](c1ccccc1)(c1ccccc1)C(C)(C)C. The number of carboxylic acids is 1. The molecule has 12 heteroatoms. The number of amides is 1. The molecule has 0 aliphatic heterocycles. The predicted molar refractivity (Wildman–Crippen MR) is 381 cm³/mol. The van der Waals surface area contributed by atoms with Crippen molar-refractivity contribution >= 4 is 61.2 Å². The van der Waals surface area contributed by atoms with E-state index in [4.69, 9.17) is 14.0 Å². The molecule has 90 heavy (non-hydrogen) atoms. The van der Waals surface area contributed by atoms with E-state index >= 15 is 0 Å². The number of esters is 2. The van der Waals surface area contributed by atoms with E-state index in [9.17, 15) is 19.2 Å². The molecule has 2 N–H and O–H groups in total. The molecule has 0 fully saturated rings. The number of carbonyl (C=O) groups is 4. The number of hydrogen-bond acceptors (Lipinski definition) is 8. The van der Waals surface area contributed by atoms with E-state index in [0.717, 1.165) is 77.0 Å². The van der Waals surface area contributed by atoms with Gasteiger partial charge in [0, 0.05) is 25.0 Å². The molecule has 1 amide bonds. The van der Waals surface area contributed by atoms with Crippen LogP contribution in [0.1, 0.15) is 229 Å². The van der Waals surface area contributed by atoms with E-state index in [-0.39, 0.29) is 47.5 Å². The first-order chi connectivity index (χ1) is 43.3. The van der Waals surface area contributed by atoms with Gasteiger partial charge in [0.1, 0.15) is 6.04 Å². The van der Waals surface area contributed by atoms with Gasteiger partial charge >= 0.3 is 17.9 Å². The van der Waals surface area contributed by atoms with Gasteiger partial charge in [0.25, 0.3) is 16.6 Å². The topological polar surface area (TPSA) is 137 Å². The summed E-state index contributed by atoms with van der Waals surface area (Å²) in [6.45, 7) is 18.6. The standard InChI is InChI=1S/C42H63NO6Si.C36H54O3Si/c1-35(49-50(42(2,3)4,36-29-23-20-24-30-36)37-31-25-21-26-32-37)28-22-18-16-14-12-10-8-7-9-11-13-15-17-19-27-33-39(44)43-38(41(46)48-6)34-40(45)47-5;1-32(26-20-16-14-12-10-8-6-5-7-9-11-13-15-17-25-31-35(37)38)39-40(36(2,3)4,33-27-21-18-22-28-33)34-29-23-19-24-30-34/h14-17,20-21,23-26,29-32,35,38H,7-13,18-19,22,27-28,33-34H2,1-6H3,(H,43,44);12-15,18-19,21-24,27-30,32H,5-11,16-17,20,25-26,31H2,1-4H3,(H,37,38)/b16-14-,17-15-;14-12-,15-13-/t35-,38-;32-/m00/s1. The van der Waals surface area contributed by atoms with E-state index in [1.165, 1.54) is 106 Å². The van der Waals surface area contributed by atoms with Gasteiger partial charge in [-0.2, -0.15) is 0 Å². The van der Waals surface area contributed by atoms with Crippen LogP contribution < -0.4 is 26.1 Å². The summed E-state index contributed by atoms with van der Waals surface area (Å²) in [4.78, 5) is 45.9. The molecule has 0 aliphatic rings. The van der Waals surface area contributed by atoms with Crippen LogP contribution in [0.3, 0.4) is 0 Å². The lowest BCUT2D eigenvalue weighted by molar-refractivity contribution is -0.150. The summed E-state index contributed by atoms with van der Waals surface area (Å²) >= 11 is 0. The predicted octanol–water partition coefficient (Wildman–Crippen LogP) is 17.6. The lowest BCUT2D eigenvalue weighted by atomic mass is 10.1. The summed E-state index contributed by atoms with van der Waals surface area (Å²) in [5.74, 6) is -2.21. The fraction of sp³-hybridized carbons (Fsp3) is 0.538. The monoisotopic (exact) mass is 1270 g/mol. The third-order valence-corrected chi connectivity index (χ3v) is 27.0. The number of carbonyl (C=O) groups excluding carboxylic acids is 3. The van der Waals surface area contributed by atoms with E-state index in [1.807, 2.05) is 0 Å². The lowest BCUT2D eigenvalue weighted by Crippen LogP contribution is -2.67. The minimum Gasteiger partial charge on any atom is -0.481 e. The molecule has 0 bridgehead atoms. The van der Waals surface area contributed by atoms with Crippen molar-refractivity contribution in [3.05, 3.63) is 170 Å². The second kappa shape index (κ2) is 45.4. The van der Waals surface area contributed by atoms with Crippen LogP contribution in [0.2, 0.25) is 10.1 Å². The van der Waals surface area contributed by atoms with Gasteiger partial charge in [-0.15, -0.1) is 0 Å². The Morgan fingerprint density at radius 3 is 1.00 bits per heavy atom. The van der Waals surface area contributed by atoms with Gasteiger partial charge in [0.05, 0.1) is 20.6 Å². The number of benzene rings is 4. The maximum atomic E-state index is 12.2. The number of rotatable bonds is 44. The first-order valence-corrected chi connectivity index (χ1v) is 38.0. The van der Waals surface area contributed by atoms with Crippen LogP contribution >= 0.6 is 0 Å². The molecule has 10 nitrogen and oxygen atoms in total. The number of carboxylic acid groups (broad SMARTS) is 1. The van der Waals surface area contributed by atoms with Crippen LogP contribution in [-0.2, 0) is 37.5 Å². The summed E-state index contributed by atoms with van der Waals surface area (Å²) in [6.07, 6.45) is 45.6. The second-order valence-electron chi connectivity index (χ2n) is 26.2. The van der Waals surface area contributed by atoms with Gasteiger partial charge in [-0.05, 0) is 160 Å². The molecule has 0 unspecified atom stereocenters. The molecule has 0 aliphatic carbocycles. The van der Waals surface area contributed by atoms with Gasteiger partial charge in [-0.1, -0.05) is 250 Å². The lowest BCUT2D eigenvalue weighted by Gasteiger charge is -2.44. The van der Waals surface area contributed by atoms with Gasteiger partial charge in [0.2, 0.25) is 5.91 Å². The van der Waals surface area contributed by atoms with Crippen molar-refractivity contribution in [3.8, 4) is 0 Å². The molecule has 0 spiro atoms. The zero-order valence-electron chi connectivity index (χ0n) is 57.2. The molecule has 0 heterocycles. The van der Waals surface area contributed by atoms with Gasteiger partial charge in [0.15, 0.2) is 0 Å². The highest BCUT2D eigenvalue weighted by atomic mass is 28.4. The van der Waals surface area contributed by atoms with E-state index in [2.05, 4.69) is 240 Å². The Labute approximate surface area is 547 Å². The molecular formula is C78H117NO9Si2. The molecule has 4 rings (SSSR count). The molecule has 0 aromatic heterocycles. The minimum absolute atomic E-state index is 0.00226. The molecule has 4 aromatic carbocycles. The minimum atomic E-state index is -2.50. The smallest absolute Gasteiger partial charge is 0.328 e. The number of hydrogen-bond donors (Lipinski definition) is 2. The van der Waals surface area contributed by atoms with Crippen LogP contribution in [0.4, 0.5) is 0 Å². The van der Waals surface area contributed by atoms with Crippen molar-refractivity contribution in [2.75, 3.05) is 14.2 Å². The van der Waals surface area contributed by atoms with Crippen molar-refractivity contribution in [2.24, 2.45) is 0 Å². The molecule has 0 saturated carbocycles. The largest absolute Gasteiger partial charge is 0.481 e. The van der Waals surface area contributed by atoms with Gasteiger partial charge in [-0.25, -0.2) is 4.79 Å². The number of unbranched alkanes of at least 4 members (excludes halogenated alkanes) is 16. The Morgan fingerprint density at radius 2 is 0.711 bits per heavy atom. The van der Waals surface area contributed by atoms with Gasteiger partial charge in [-0.3, -0.25) is 14.4 Å². The zero-order chi connectivity index (χ0) is 65.8. The highest BCUT2D eigenvalue weighted by Crippen LogP contribution is 2.39. The molecule has 0 saturated heterocycles. The summed E-state index contributed by atoms with van der Waals surface area (Å²) < 4.78 is 23.7. The number of allylic oxidation sites excluding steroid dienone is 8. The number of aliphatic carboxylic acids is 1. The highest BCUT2D eigenvalue weighted by Gasteiger charge is 2.52. The maximum Gasteiger partial charge on any atom is 0.328 e. The Bertz CT molecular complexity index is 2580. The summed E-state index contributed by atoms with van der Waals surface area (Å²) in [7, 11) is -2.51. The Hall–Kier alpha value is -5.93. The van der Waals surface area contributed by atoms with Crippen LogP contribution in [0.25, 0.3) is 0 Å². The Balaban J connectivity index is 0.000000482. The maximum absolute atomic E-state index is 12.2. The second-order valence-corrected chi connectivity index (χ2v) is 34.7. The molecule has 496 valence electrons. The molecule has 4 aromatic rings. The van der Waals surface area contributed by atoms with Crippen LogP contribution in [0, 0.1) is 0 Å².